The molecule has 0 spiro atoms. The fourth-order valence-electron chi connectivity index (χ4n) is 2.95. The third-order valence-corrected chi connectivity index (χ3v) is 5.67. The number of esters is 1. The molecule has 1 aliphatic carbocycles. The van der Waals surface area contributed by atoms with Gasteiger partial charge in [-0.3, -0.25) is 4.79 Å². The van der Waals surface area contributed by atoms with E-state index in [1.807, 2.05) is 18.5 Å². The van der Waals surface area contributed by atoms with Crippen molar-refractivity contribution in [2.75, 3.05) is 7.11 Å². The number of hydrogen-bond donors (Lipinski definition) is 1. The Morgan fingerprint density at radius 3 is 2.60 bits per heavy atom. The molecule has 25 heavy (non-hydrogen) atoms. The average Bonchev–Trinajstić information content (AvgIpc) is 3.30. The molecule has 0 saturated heterocycles. The van der Waals surface area contributed by atoms with Crippen molar-refractivity contribution in [1.82, 2.24) is 19.7 Å². The summed E-state index contributed by atoms with van der Waals surface area (Å²) in [7, 11) is 3.27. The molecule has 2 aromatic heterocycles. The van der Waals surface area contributed by atoms with Crippen molar-refractivity contribution in [2.24, 2.45) is 7.05 Å². The number of methoxy groups -OCH3 is 1. The number of nitrogens with zero attached hydrogens (tertiary/aromatic N) is 3. The second kappa shape index (κ2) is 6.67. The highest BCUT2D eigenvalue weighted by atomic mass is 32.2. The number of Topliss-reactive ketones (excluding diaryl/α,β-unsaturated/α-hetero) is 1. The van der Waals surface area contributed by atoms with E-state index >= 15 is 0 Å². The molecule has 2 heterocycles. The summed E-state index contributed by atoms with van der Waals surface area (Å²) in [6, 6.07) is 0. The summed E-state index contributed by atoms with van der Waals surface area (Å²) in [4.78, 5) is 27.8. The molecule has 0 amide bonds. The summed E-state index contributed by atoms with van der Waals surface area (Å²) in [5, 5.41) is 8.85. The van der Waals surface area contributed by atoms with Gasteiger partial charge in [-0.15, -0.1) is 10.2 Å². The van der Waals surface area contributed by atoms with E-state index in [-0.39, 0.29) is 11.0 Å². The van der Waals surface area contributed by atoms with Crippen LogP contribution in [0.25, 0.3) is 0 Å². The third kappa shape index (κ3) is 3.22. The second-order valence-corrected chi connectivity index (χ2v) is 7.72. The zero-order chi connectivity index (χ0) is 18.3. The molecule has 3 rings (SSSR count). The van der Waals surface area contributed by atoms with Crippen LogP contribution in [0.5, 0.6) is 0 Å². The second-order valence-electron chi connectivity index (χ2n) is 6.41. The number of ketones is 1. The molecule has 0 unspecified atom stereocenters. The molecule has 1 saturated carbocycles. The Balaban J connectivity index is 1.80. The fourth-order valence-corrected chi connectivity index (χ4v) is 3.83. The van der Waals surface area contributed by atoms with Crippen molar-refractivity contribution in [3.05, 3.63) is 28.3 Å². The number of carbonyl (C=O) groups excluding carboxylic acids is 2. The predicted octanol–water partition coefficient (Wildman–Crippen LogP) is 2.79. The largest absolute Gasteiger partial charge is 0.465 e. The van der Waals surface area contributed by atoms with Gasteiger partial charge in [0.2, 0.25) is 0 Å². The van der Waals surface area contributed by atoms with Gasteiger partial charge >= 0.3 is 5.97 Å². The van der Waals surface area contributed by atoms with Crippen LogP contribution in [0.3, 0.4) is 0 Å². The minimum atomic E-state index is -0.437. The monoisotopic (exact) mass is 362 g/mol. The summed E-state index contributed by atoms with van der Waals surface area (Å²) in [5.74, 6) is 0.987. The maximum atomic E-state index is 12.8. The van der Waals surface area contributed by atoms with E-state index in [9.17, 15) is 9.59 Å². The molecule has 7 nitrogen and oxygen atoms in total. The van der Waals surface area contributed by atoms with Gasteiger partial charge in [-0.25, -0.2) is 4.79 Å². The zero-order valence-electron chi connectivity index (χ0n) is 15.0. The molecule has 1 atom stereocenters. The van der Waals surface area contributed by atoms with Gasteiger partial charge in [-0.05, 0) is 39.2 Å². The summed E-state index contributed by atoms with van der Waals surface area (Å²) >= 11 is 1.38. The van der Waals surface area contributed by atoms with Gasteiger partial charge in [-0.2, -0.15) is 0 Å². The SMILES string of the molecule is COC(=O)c1c(C)[nH]c(C(=O)[C@H](C)Sc2nnc(C3CC3)n2C)c1C. The lowest BCUT2D eigenvalue weighted by Gasteiger charge is -2.10. The number of H-pyrrole nitrogens is 1. The van der Waals surface area contributed by atoms with Gasteiger partial charge in [0.15, 0.2) is 10.9 Å². The van der Waals surface area contributed by atoms with Gasteiger partial charge < -0.3 is 14.3 Å². The first-order chi connectivity index (χ1) is 11.8. The lowest BCUT2D eigenvalue weighted by atomic mass is 10.1. The predicted molar refractivity (Wildman–Crippen MR) is 94.2 cm³/mol. The van der Waals surface area contributed by atoms with Crippen molar-refractivity contribution in [3.8, 4) is 0 Å². The van der Waals surface area contributed by atoms with Gasteiger partial charge in [0.25, 0.3) is 0 Å². The average molecular weight is 362 g/mol. The molecule has 8 heteroatoms. The van der Waals surface area contributed by atoms with Gasteiger partial charge in [0.1, 0.15) is 5.82 Å². The van der Waals surface area contributed by atoms with E-state index in [0.717, 1.165) is 23.8 Å². The number of nitrogens with one attached hydrogen (secondary N) is 1. The number of ether oxygens (including phenoxy) is 1. The van der Waals surface area contributed by atoms with E-state index in [1.165, 1.54) is 18.9 Å². The summed E-state index contributed by atoms with van der Waals surface area (Å²) in [6.07, 6.45) is 2.31. The molecule has 1 aliphatic rings. The maximum absolute atomic E-state index is 12.8. The van der Waals surface area contributed by atoms with Crippen molar-refractivity contribution in [3.63, 3.8) is 0 Å². The van der Waals surface area contributed by atoms with E-state index in [2.05, 4.69) is 15.2 Å². The van der Waals surface area contributed by atoms with Crippen LogP contribution < -0.4 is 0 Å². The Hall–Kier alpha value is -2.09. The lowest BCUT2D eigenvalue weighted by molar-refractivity contribution is 0.0599. The smallest absolute Gasteiger partial charge is 0.339 e. The molecule has 2 aromatic rings. The Morgan fingerprint density at radius 2 is 2.00 bits per heavy atom. The zero-order valence-corrected chi connectivity index (χ0v) is 15.9. The number of aromatic amines is 1. The highest BCUT2D eigenvalue weighted by Crippen LogP contribution is 2.40. The number of carbonyl (C=O) groups is 2. The van der Waals surface area contributed by atoms with Crippen molar-refractivity contribution in [1.29, 1.82) is 0 Å². The van der Waals surface area contributed by atoms with Crippen LogP contribution in [0.1, 0.15) is 63.6 Å². The quantitative estimate of drug-likeness (QED) is 0.483. The Labute approximate surface area is 150 Å². The van der Waals surface area contributed by atoms with Gasteiger partial charge in [-0.1, -0.05) is 11.8 Å². The molecule has 0 aromatic carbocycles. The minimum Gasteiger partial charge on any atom is -0.465 e. The van der Waals surface area contributed by atoms with Crippen molar-refractivity contribution >= 4 is 23.5 Å². The topological polar surface area (TPSA) is 89.9 Å². The van der Waals surface area contributed by atoms with Crippen LogP contribution in [-0.4, -0.2) is 43.9 Å². The van der Waals surface area contributed by atoms with E-state index in [0.29, 0.717) is 28.4 Å². The molecule has 0 bridgehead atoms. The number of thioether (sulfide) groups is 1. The molecule has 134 valence electrons. The van der Waals surface area contributed by atoms with Crippen LogP contribution in [0.4, 0.5) is 0 Å². The Bertz CT molecular complexity index is 835. The van der Waals surface area contributed by atoms with Gasteiger partial charge in [0, 0.05) is 18.7 Å². The molecule has 1 N–H and O–H groups in total. The van der Waals surface area contributed by atoms with Gasteiger partial charge in [0.05, 0.1) is 23.6 Å². The van der Waals surface area contributed by atoms with E-state index in [1.54, 1.807) is 13.8 Å². The first kappa shape index (κ1) is 17.7. The van der Waals surface area contributed by atoms with E-state index in [4.69, 9.17) is 4.74 Å². The van der Waals surface area contributed by atoms with Crippen molar-refractivity contribution in [2.45, 2.75) is 49.9 Å². The van der Waals surface area contributed by atoms with E-state index < -0.39 is 5.97 Å². The molecular formula is C17H22N4O3S. The number of rotatable bonds is 6. The Morgan fingerprint density at radius 1 is 1.32 bits per heavy atom. The summed E-state index contributed by atoms with van der Waals surface area (Å²) < 4.78 is 6.77. The van der Waals surface area contributed by atoms with Crippen molar-refractivity contribution < 1.29 is 14.3 Å². The highest BCUT2D eigenvalue weighted by Gasteiger charge is 2.31. The first-order valence-electron chi connectivity index (χ1n) is 8.22. The van der Waals surface area contributed by atoms with Crippen LogP contribution in [0.15, 0.2) is 5.16 Å². The number of aromatic nitrogens is 4. The molecule has 1 fully saturated rings. The van der Waals surface area contributed by atoms with Crippen LogP contribution in [0.2, 0.25) is 0 Å². The number of hydrogen-bond acceptors (Lipinski definition) is 6. The highest BCUT2D eigenvalue weighted by molar-refractivity contribution is 8.00. The third-order valence-electron chi connectivity index (χ3n) is 4.54. The molecular weight excluding hydrogens is 340 g/mol. The van der Waals surface area contributed by atoms with Crippen LogP contribution in [-0.2, 0) is 11.8 Å². The van der Waals surface area contributed by atoms with Crippen LogP contribution >= 0.6 is 11.8 Å². The fraction of sp³-hybridized carbons (Fsp3) is 0.529. The minimum absolute atomic E-state index is 0.0725. The normalized spacial score (nSPS) is 15.2. The first-order valence-corrected chi connectivity index (χ1v) is 9.10. The maximum Gasteiger partial charge on any atom is 0.339 e. The van der Waals surface area contributed by atoms with Crippen LogP contribution in [0, 0.1) is 13.8 Å². The Kier molecular flexibility index (Phi) is 4.73. The number of aryl methyl sites for hydroxylation is 1. The summed E-state index contributed by atoms with van der Waals surface area (Å²) in [6.45, 7) is 5.36. The standard InChI is InChI=1S/C17H22N4O3S/c1-8-12(16(23)24-5)9(2)18-13(8)14(22)10(3)25-17-20-19-15(21(17)4)11-6-7-11/h10-11,18H,6-7H2,1-5H3/t10-/m0/s1. The summed E-state index contributed by atoms with van der Waals surface area (Å²) in [5.41, 5.74) is 2.14. The molecule has 0 aliphatic heterocycles. The molecule has 0 radical (unpaired) electrons. The lowest BCUT2D eigenvalue weighted by Crippen LogP contribution is -2.16.